The number of ether oxygens (including phenoxy) is 1. The predicted octanol–water partition coefficient (Wildman–Crippen LogP) is 5.25. The molecule has 0 unspecified atom stereocenters. The summed E-state index contributed by atoms with van der Waals surface area (Å²) in [7, 11) is 0. The van der Waals surface area contributed by atoms with Crippen molar-refractivity contribution in [3.8, 4) is 11.1 Å². The molecule has 0 saturated carbocycles. The van der Waals surface area contributed by atoms with Crippen molar-refractivity contribution in [2.75, 3.05) is 13.2 Å². The highest BCUT2D eigenvalue weighted by molar-refractivity contribution is 5.95. The highest BCUT2D eigenvalue weighted by Gasteiger charge is 2.11. The summed E-state index contributed by atoms with van der Waals surface area (Å²) in [5, 5.41) is 1.54. The van der Waals surface area contributed by atoms with Gasteiger partial charge in [-0.05, 0) is 48.7 Å². The Kier molecular flexibility index (Phi) is 5.03. The molecule has 0 aliphatic rings. The van der Waals surface area contributed by atoms with Gasteiger partial charge in [-0.1, -0.05) is 48.5 Å². The molecule has 0 bridgehead atoms. The van der Waals surface area contributed by atoms with Crippen molar-refractivity contribution in [1.29, 1.82) is 0 Å². The summed E-state index contributed by atoms with van der Waals surface area (Å²) in [6.45, 7) is 4.28. The van der Waals surface area contributed by atoms with Gasteiger partial charge in [0.1, 0.15) is 0 Å². The van der Waals surface area contributed by atoms with Crippen LogP contribution in [0, 0.1) is 0 Å². The van der Waals surface area contributed by atoms with E-state index >= 15 is 0 Å². The first-order valence-corrected chi connectivity index (χ1v) is 9.48. The van der Waals surface area contributed by atoms with Gasteiger partial charge < -0.3 is 9.30 Å². The van der Waals surface area contributed by atoms with Crippen molar-refractivity contribution in [2.45, 2.75) is 19.9 Å². The zero-order valence-electron chi connectivity index (χ0n) is 15.5. The van der Waals surface area contributed by atoms with Crippen LogP contribution in [0.3, 0.4) is 0 Å². The second-order valence-corrected chi connectivity index (χ2v) is 6.65. The average molecular weight is 357 g/mol. The van der Waals surface area contributed by atoms with Gasteiger partial charge >= 0.3 is 0 Å². The molecule has 3 aromatic carbocycles. The molecule has 0 radical (unpaired) electrons. The van der Waals surface area contributed by atoms with Crippen molar-refractivity contribution < 1.29 is 4.74 Å². The van der Waals surface area contributed by atoms with Gasteiger partial charge in [0.25, 0.3) is 0 Å². The zero-order chi connectivity index (χ0) is 18.6. The molecule has 0 N–H and O–H groups in total. The Bertz CT molecular complexity index is 1130. The van der Waals surface area contributed by atoms with E-state index in [0.29, 0.717) is 0 Å². The Hall–Kier alpha value is -2.91. The van der Waals surface area contributed by atoms with Gasteiger partial charge in [0.15, 0.2) is 5.43 Å². The molecule has 0 saturated heterocycles. The number of fused-ring (bicyclic) bond motifs is 2. The van der Waals surface area contributed by atoms with Crippen molar-refractivity contribution in [3.05, 3.63) is 83.0 Å². The molecule has 3 nitrogen and oxygen atoms in total. The lowest BCUT2D eigenvalue weighted by Gasteiger charge is -2.16. The van der Waals surface area contributed by atoms with Gasteiger partial charge in [-0.15, -0.1) is 0 Å². The Balaban J connectivity index is 1.90. The summed E-state index contributed by atoms with van der Waals surface area (Å²) in [6, 6.07) is 24.3. The van der Waals surface area contributed by atoms with Crippen LogP contribution in [0.5, 0.6) is 0 Å². The van der Waals surface area contributed by atoms with Crippen molar-refractivity contribution in [1.82, 2.24) is 4.57 Å². The van der Waals surface area contributed by atoms with Crippen LogP contribution in [-0.2, 0) is 11.3 Å². The monoisotopic (exact) mass is 357 g/mol. The van der Waals surface area contributed by atoms with Crippen LogP contribution >= 0.6 is 0 Å². The van der Waals surface area contributed by atoms with E-state index in [0.717, 1.165) is 59.1 Å². The number of hydrogen-bond donors (Lipinski definition) is 0. The summed E-state index contributed by atoms with van der Waals surface area (Å²) in [4.78, 5) is 13.2. The molecule has 0 amide bonds. The molecule has 0 fully saturated rings. The lowest BCUT2D eigenvalue weighted by molar-refractivity contribution is 0.142. The van der Waals surface area contributed by atoms with Crippen LogP contribution in [0.4, 0.5) is 0 Å². The molecule has 0 aliphatic heterocycles. The van der Waals surface area contributed by atoms with E-state index in [1.807, 2.05) is 55.5 Å². The van der Waals surface area contributed by atoms with Gasteiger partial charge in [0.05, 0.1) is 11.0 Å². The average Bonchev–Trinajstić information content (AvgIpc) is 2.73. The smallest absolute Gasteiger partial charge is 0.197 e. The van der Waals surface area contributed by atoms with Crippen LogP contribution in [0.15, 0.2) is 77.6 Å². The van der Waals surface area contributed by atoms with E-state index < -0.39 is 0 Å². The van der Waals surface area contributed by atoms with Crippen LogP contribution < -0.4 is 5.43 Å². The third-order valence-corrected chi connectivity index (χ3v) is 4.95. The second-order valence-electron chi connectivity index (χ2n) is 6.65. The quantitative estimate of drug-likeness (QED) is 0.349. The molecule has 27 heavy (non-hydrogen) atoms. The minimum atomic E-state index is 0.0967. The van der Waals surface area contributed by atoms with Crippen molar-refractivity contribution in [2.24, 2.45) is 0 Å². The van der Waals surface area contributed by atoms with Crippen molar-refractivity contribution >= 4 is 21.8 Å². The Morgan fingerprint density at radius 1 is 0.815 bits per heavy atom. The summed E-state index contributed by atoms with van der Waals surface area (Å²) >= 11 is 0. The fraction of sp³-hybridized carbons (Fsp3) is 0.208. The molecular formula is C24H23NO2. The number of rotatable bonds is 6. The van der Waals surface area contributed by atoms with Gasteiger partial charge in [-0.25, -0.2) is 0 Å². The van der Waals surface area contributed by atoms with Gasteiger partial charge in [0.2, 0.25) is 0 Å². The fourth-order valence-electron chi connectivity index (χ4n) is 3.65. The third kappa shape index (κ3) is 3.38. The number of hydrogen-bond acceptors (Lipinski definition) is 2. The predicted molar refractivity (Wildman–Crippen MR) is 112 cm³/mol. The molecule has 4 rings (SSSR count). The Morgan fingerprint density at radius 3 is 2.37 bits per heavy atom. The maximum atomic E-state index is 13.2. The minimum absolute atomic E-state index is 0.0967. The normalized spacial score (nSPS) is 11.3. The lowest BCUT2D eigenvalue weighted by atomic mass is 10.0. The molecule has 1 aromatic heterocycles. The summed E-state index contributed by atoms with van der Waals surface area (Å²) in [5.41, 5.74) is 4.25. The molecule has 0 aliphatic carbocycles. The molecule has 3 heteroatoms. The molecule has 4 aromatic rings. The lowest BCUT2D eigenvalue weighted by Crippen LogP contribution is -2.12. The Morgan fingerprint density at radius 2 is 1.56 bits per heavy atom. The maximum Gasteiger partial charge on any atom is 0.197 e. The fourth-order valence-corrected chi connectivity index (χ4v) is 3.65. The van der Waals surface area contributed by atoms with E-state index in [9.17, 15) is 4.79 Å². The van der Waals surface area contributed by atoms with E-state index in [4.69, 9.17) is 4.74 Å². The first kappa shape index (κ1) is 17.5. The van der Waals surface area contributed by atoms with Gasteiger partial charge in [-0.3, -0.25) is 4.79 Å². The molecule has 1 heterocycles. The molecular weight excluding hydrogens is 334 g/mol. The van der Waals surface area contributed by atoms with E-state index in [-0.39, 0.29) is 5.43 Å². The van der Waals surface area contributed by atoms with E-state index in [1.54, 1.807) is 0 Å². The van der Waals surface area contributed by atoms with Gasteiger partial charge in [0, 0.05) is 30.5 Å². The number of benzene rings is 3. The van der Waals surface area contributed by atoms with Gasteiger partial charge in [-0.2, -0.15) is 0 Å². The molecule has 0 atom stereocenters. The maximum absolute atomic E-state index is 13.2. The first-order chi connectivity index (χ1) is 13.3. The SMILES string of the molecule is CCOCCCn1c2ccccc2c(=O)c2cc(-c3ccccc3)ccc21. The first-order valence-electron chi connectivity index (χ1n) is 9.48. The summed E-state index contributed by atoms with van der Waals surface area (Å²) in [5.74, 6) is 0. The number of aryl methyl sites for hydroxylation is 1. The molecule has 136 valence electrons. The standard InChI is InChI=1S/C24H23NO2/c1-2-27-16-8-15-25-22-12-7-6-11-20(22)24(26)21-17-19(13-14-23(21)25)18-9-4-3-5-10-18/h3-7,9-14,17H,2,8,15-16H2,1H3. The van der Waals surface area contributed by atoms with E-state index in [1.165, 1.54) is 0 Å². The zero-order valence-corrected chi connectivity index (χ0v) is 15.5. The number of nitrogens with zero attached hydrogens (tertiary/aromatic N) is 1. The third-order valence-electron chi connectivity index (χ3n) is 4.95. The van der Waals surface area contributed by atoms with Crippen LogP contribution in [-0.4, -0.2) is 17.8 Å². The number of para-hydroxylation sites is 1. The second kappa shape index (κ2) is 7.77. The minimum Gasteiger partial charge on any atom is -0.382 e. The summed E-state index contributed by atoms with van der Waals surface area (Å²) < 4.78 is 7.75. The number of pyridine rings is 1. The topological polar surface area (TPSA) is 31.2 Å². The number of aromatic nitrogens is 1. The Labute approximate surface area is 158 Å². The van der Waals surface area contributed by atoms with Crippen molar-refractivity contribution in [3.63, 3.8) is 0 Å². The van der Waals surface area contributed by atoms with Crippen LogP contribution in [0.2, 0.25) is 0 Å². The molecule has 0 spiro atoms. The van der Waals surface area contributed by atoms with Crippen LogP contribution in [0.25, 0.3) is 32.9 Å². The summed E-state index contributed by atoms with van der Waals surface area (Å²) in [6.07, 6.45) is 0.913. The largest absolute Gasteiger partial charge is 0.382 e. The highest BCUT2D eigenvalue weighted by Crippen LogP contribution is 2.25. The van der Waals surface area contributed by atoms with E-state index in [2.05, 4.69) is 28.8 Å². The highest BCUT2D eigenvalue weighted by atomic mass is 16.5. The van der Waals surface area contributed by atoms with Crippen LogP contribution in [0.1, 0.15) is 13.3 Å².